The van der Waals surface area contributed by atoms with E-state index in [1.807, 2.05) is 25.1 Å². The maximum absolute atomic E-state index is 12.7. The molecule has 1 amide bonds. The van der Waals surface area contributed by atoms with Gasteiger partial charge in [0.1, 0.15) is 13.2 Å². The highest BCUT2D eigenvalue weighted by Crippen LogP contribution is 2.32. The SMILES string of the molecule is CCN(CC)S(=O)(=O)c1cccc(C(=O)NC(C)c2ccc3c(c2)OCCO3)c1. The van der Waals surface area contributed by atoms with Gasteiger partial charge in [0.05, 0.1) is 10.9 Å². The Labute approximate surface area is 171 Å². The zero-order valence-corrected chi connectivity index (χ0v) is 17.7. The first-order valence-corrected chi connectivity index (χ1v) is 11.1. The molecule has 0 bridgehead atoms. The fourth-order valence-electron chi connectivity index (χ4n) is 3.20. The van der Waals surface area contributed by atoms with Crippen molar-refractivity contribution in [3.8, 4) is 11.5 Å². The Hall–Kier alpha value is -2.58. The van der Waals surface area contributed by atoms with Crippen LogP contribution in [-0.4, -0.2) is 44.9 Å². The Morgan fingerprint density at radius 3 is 2.45 bits per heavy atom. The highest BCUT2D eigenvalue weighted by atomic mass is 32.2. The van der Waals surface area contributed by atoms with Crippen molar-refractivity contribution in [3.63, 3.8) is 0 Å². The van der Waals surface area contributed by atoms with Crippen molar-refractivity contribution in [1.29, 1.82) is 0 Å². The van der Waals surface area contributed by atoms with Gasteiger partial charge in [0, 0.05) is 18.7 Å². The van der Waals surface area contributed by atoms with Crippen LogP contribution < -0.4 is 14.8 Å². The van der Waals surface area contributed by atoms with Gasteiger partial charge in [-0.15, -0.1) is 0 Å². The summed E-state index contributed by atoms with van der Waals surface area (Å²) in [5.74, 6) is 0.999. The lowest BCUT2D eigenvalue weighted by Gasteiger charge is -2.21. The summed E-state index contributed by atoms with van der Waals surface area (Å²) in [5.41, 5.74) is 1.16. The minimum Gasteiger partial charge on any atom is -0.486 e. The number of sulfonamides is 1. The maximum atomic E-state index is 12.7. The number of hydrogen-bond acceptors (Lipinski definition) is 5. The van der Waals surface area contributed by atoms with Gasteiger partial charge in [-0.1, -0.05) is 26.0 Å². The third-order valence-corrected chi connectivity index (χ3v) is 6.90. The zero-order chi connectivity index (χ0) is 21.0. The molecule has 0 spiro atoms. The van der Waals surface area contributed by atoms with Gasteiger partial charge in [0.25, 0.3) is 5.91 Å². The standard InChI is InChI=1S/C21H26N2O5S/c1-4-23(5-2)29(25,26)18-8-6-7-17(13-18)21(24)22-15(3)16-9-10-19-20(14-16)28-12-11-27-19/h6-10,13-15H,4-5,11-12H2,1-3H3,(H,22,24). The Morgan fingerprint density at radius 1 is 1.07 bits per heavy atom. The van der Waals surface area contributed by atoms with E-state index in [1.165, 1.54) is 16.4 Å². The molecular weight excluding hydrogens is 392 g/mol. The number of nitrogens with one attached hydrogen (secondary N) is 1. The number of fused-ring (bicyclic) bond motifs is 1. The highest BCUT2D eigenvalue weighted by molar-refractivity contribution is 7.89. The average molecular weight is 419 g/mol. The van der Waals surface area contributed by atoms with Crippen molar-refractivity contribution < 1.29 is 22.7 Å². The summed E-state index contributed by atoms with van der Waals surface area (Å²) in [6.45, 7) is 7.18. The number of carbonyl (C=O) groups excluding carboxylic acids is 1. The van der Waals surface area contributed by atoms with Crippen molar-refractivity contribution in [3.05, 3.63) is 53.6 Å². The predicted molar refractivity (Wildman–Crippen MR) is 110 cm³/mol. The number of hydrogen-bond donors (Lipinski definition) is 1. The number of nitrogens with zero attached hydrogens (tertiary/aromatic N) is 1. The summed E-state index contributed by atoms with van der Waals surface area (Å²) in [4.78, 5) is 12.8. The lowest BCUT2D eigenvalue weighted by Crippen LogP contribution is -2.31. The van der Waals surface area contributed by atoms with E-state index in [0.29, 0.717) is 43.4 Å². The molecule has 1 N–H and O–H groups in total. The molecule has 0 saturated carbocycles. The smallest absolute Gasteiger partial charge is 0.251 e. The van der Waals surface area contributed by atoms with Gasteiger partial charge in [-0.3, -0.25) is 4.79 Å². The molecule has 1 aliphatic heterocycles. The van der Waals surface area contributed by atoms with Crippen LogP contribution in [-0.2, 0) is 10.0 Å². The first-order chi connectivity index (χ1) is 13.9. The first-order valence-electron chi connectivity index (χ1n) is 9.67. The largest absolute Gasteiger partial charge is 0.486 e. The molecule has 1 atom stereocenters. The number of benzene rings is 2. The molecule has 156 valence electrons. The molecular formula is C21H26N2O5S. The Balaban J connectivity index is 1.77. The molecule has 7 nitrogen and oxygen atoms in total. The zero-order valence-electron chi connectivity index (χ0n) is 16.8. The monoisotopic (exact) mass is 418 g/mol. The molecule has 0 saturated heterocycles. The van der Waals surface area contributed by atoms with Gasteiger partial charge in [-0.2, -0.15) is 4.31 Å². The second kappa shape index (κ2) is 8.84. The van der Waals surface area contributed by atoms with Gasteiger partial charge in [-0.05, 0) is 42.8 Å². The van der Waals surface area contributed by atoms with Gasteiger partial charge in [-0.25, -0.2) is 8.42 Å². The van der Waals surface area contributed by atoms with E-state index in [9.17, 15) is 13.2 Å². The summed E-state index contributed by atoms with van der Waals surface area (Å²) in [5, 5.41) is 2.91. The lowest BCUT2D eigenvalue weighted by molar-refractivity contribution is 0.0939. The molecule has 0 radical (unpaired) electrons. The Bertz CT molecular complexity index is 986. The Kier molecular flexibility index (Phi) is 6.44. The summed E-state index contributed by atoms with van der Waals surface area (Å²) in [6.07, 6.45) is 0. The van der Waals surface area contributed by atoms with Crippen molar-refractivity contribution in [2.75, 3.05) is 26.3 Å². The fraction of sp³-hybridized carbons (Fsp3) is 0.381. The van der Waals surface area contributed by atoms with E-state index in [1.54, 1.807) is 26.0 Å². The number of ether oxygens (including phenoxy) is 2. The lowest BCUT2D eigenvalue weighted by atomic mass is 10.1. The first kappa shape index (κ1) is 21.1. The number of carbonyl (C=O) groups is 1. The molecule has 1 aliphatic rings. The van der Waals surface area contributed by atoms with Crippen LogP contribution in [0.4, 0.5) is 0 Å². The molecule has 8 heteroatoms. The topological polar surface area (TPSA) is 84.9 Å². The van der Waals surface area contributed by atoms with Crippen LogP contribution in [0.5, 0.6) is 11.5 Å². The number of rotatable bonds is 7. The van der Waals surface area contributed by atoms with Gasteiger partial charge < -0.3 is 14.8 Å². The van der Waals surface area contributed by atoms with Crippen LogP contribution in [0.25, 0.3) is 0 Å². The van der Waals surface area contributed by atoms with Gasteiger partial charge in [0.2, 0.25) is 10.0 Å². The van der Waals surface area contributed by atoms with E-state index >= 15 is 0 Å². The quantitative estimate of drug-likeness (QED) is 0.747. The van der Waals surface area contributed by atoms with Crippen LogP contribution in [0.3, 0.4) is 0 Å². The van der Waals surface area contributed by atoms with Crippen molar-refractivity contribution in [1.82, 2.24) is 9.62 Å². The molecule has 0 aliphatic carbocycles. The summed E-state index contributed by atoms with van der Waals surface area (Å²) in [6, 6.07) is 11.4. The molecule has 0 fully saturated rings. The predicted octanol–water partition coefficient (Wildman–Crippen LogP) is 2.98. The average Bonchev–Trinajstić information content (AvgIpc) is 2.74. The van der Waals surface area contributed by atoms with Crippen molar-refractivity contribution >= 4 is 15.9 Å². The van der Waals surface area contributed by atoms with Crippen molar-refractivity contribution in [2.24, 2.45) is 0 Å². The van der Waals surface area contributed by atoms with E-state index in [4.69, 9.17) is 9.47 Å². The number of amides is 1. The summed E-state index contributed by atoms with van der Waals surface area (Å²) >= 11 is 0. The van der Waals surface area contributed by atoms with Crippen LogP contribution in [0.2, 0.25) is 0 Å². The third-order valence-electron chi connectivity index (χ3n) is 4.85. The fourth-order valence-corrected chi connectivity index (χ4v) is 4.71. The summed E-state index contributed by atoms with van der Waals surface area (Å²) in [7, 11) is -3.63. The van der Waals surface area contributed by atoms with Crippen LogP contribution in [0.1, 0.15) is 42.7 Å². The third kappa shape index (κ3) is 4.54. The molecule has 3 rings (SSSR count). The van der Waals surface area contributed by atoms with E-state index in [2.05, 4.69) is 5.32 Å². The molecule has 29 heavy (non-hydrogen) atoms. The molecule has 1 heterocycles. The minimum atomic E-state index is -3.63. The normalized spacial score (nSPS) is 14.5. The Morgan fingerprint density at radius 2 is 1.76 bits per heavy atom. The van der Waals surface area contributed by atoms with E-state index in [0.717, 1.165) is 5.56 Å². The second-order valence-corrected chi connectivity index (χ2v) is 8.65. The molecule has 0 aromatic heterocycles. The minimum absolute atomic E-state index is 0.112. The highest BCUT2D eigenvalue weighted by Gasteiger charge is 2.23. The van der Waals surface area contributed by atoms with Crippen LogP contribution in [0, 0.1) is 0 Å². The molecule has 1 unspecified atom stereocenters. The molecule has 2 aromatic rings. The van der Waals surface area contributed by atoms with Crippen LogP contribution >= 0.6 is 0 Å². The summed E-state index contributed by atoms with van der Waals surface area (Å²) < 4.78 is 37.9. The van der Waals surface area contributed by atoms with Crippen LogP contribution in [0.15, 0.2) is 47.4 Å². The van der Waals surface area contributed by atoms with Crippen molar-refractivity contribution in [2.45, 2.75) is 31.7 Å². The second-order valence-electron chi connectivity index (χ2n) is 6.72. The van der Waals surface area contributed by atoms with E-state index in [-0.39, 0.29) is 16.8 Å². The maximum Gasteiger partial charge on any atom is 0.251 e. The van der Waals surface area contributed by atoms with Gasteiger partial charge >= 0.3 is 0 Å². The van der Waals surface area contributed by atoms with E-state index < -0.39 is 10.0 Å². The van der Waals surface area contributed by atoms with Gasteiger partial charge in [0.15, 0.2) is 11.5 Å². The molecule has 2 aromatic carbocycles.